The molecule has 0 radical (unpaired) electrons. The van der Waals surface area contributed by atoms with Crippen LogP contribution in [0.15, 0.2) is 65.6 Å². The molecule has 11 heteroatoms. The molecule has 0 unspecified atom stereocenters. The highest BCUT2D eigenvalue weighted by molar-refractivity contribution is 7.92. The number of aryl methyl sites for hydroxylation is 2. The largest absolute Gasteiger partial charge is 0.352 e. The zero-order chi connectivity index (χ0) is 30.5. The van der Waals surface area contributed by atoms with Gasteiger partial charge in [-0.15, -0.1) is 0 Å². The lowest BCUT2D eigenvalue weighted by molar-refractivity contribution is -0.139. The van der Waals surface area contributed by atoms with Crippen molar-refractivity contribution >= 4 is 62.3 Å². The predicted molar refractivity (Wildman–Crippen MR) is 166 cm³/mol. The molecule has 220 valence electrons. The molecule has 0 saturated heterocycles. The van der Waals surface area contributed by atoms with Crippen molar-refractivity contribution in [2.45, 2.75) is 64.6 Å². The second kappa shape index (κ2) is 13.9. The summed E-state index contributed by atoms with van der Waals surface area (Å²) in [6.07, 6.45) is 0.702. The summed E-state index contributed by atoms with van der Waals surface area (Å²) in [5, 5.41) is 4.08. The second-order valence-corrected chi connectivity index (χ2v) is 13.1. The average Bonchev–Trinajstić information content (AvgIpc) is 2.91. The number of hydrogen-bond acceptors (Lipinski definition) is 4. The molecule has 0 saturated carbocycles. The van der Waals surface area contributed by atoms with E-state index in [0.717, 1.165) is 9.87 Å². The summed E-state index contributed by atoms with van der Waals surface area (Å²) in [6, 6.07) is 15.0. The van der Waals surface area contributed by atoms with Crippen molar-refractivity contribution in [2.24, 2.45) is 0 Å². The lowest BCUT2D eigenvalue weighted by Gasteiger charge is -2.33. The minimum absolute atomic E-state index is 0.0279. The smallest absolute Gasteiger partial charge is 0.264 e. The summed E-state index contributed by atoms with van der Waals surface area (Å²) in [5.41, 5.74) is 2.31. The molecular weight excluding hydrogens is 605 g/mol. The average molecular weight is 639 g/mol. The van der Waals surface area contributed by atoms with Gasteiger partial charge in [-0.1, -0.05) is 65.5 Å². The SMILES string of the molecule is CC[C@H](C)NC(=O)[C@H](C)N(Cc1ccc(Cl)cc1Cl)C(=O)CN(c1ccc(Cl)cc1C)S(=O)(=O)c1ccc(C)cc1. The van der Waals surface area contributed by atoms with Crippen molar-refractivity contribution in [1.82, 2.24) is 10.2 Å². The van der Waals surface area contributed by atoms with Gasteiger partial charge in [0, 0.05) is 27.7 Å². The number of amides is 2. The van der Waals surface area contributed by atoms with Crippen LogP contribution in [0.3, 0.4) is 0 Å². The Balaban J connectivity index is 2.08. The first-order chi connectivity index (χ1) is 19.2. The molecule has 0 fully saturated rings. The summed E-state index contributed by atoms with van der Waals surface area (Å²) >= 11 is 18.7. The van der Waals surface area contributed by atoms with Crippen LogP contribution in [0.25, 0.3) is 0 Å². The number of carbonyl (C=O) groups excluding carboxylic acids is 2. The van der Waals surface area contributed by atoms with E-state index in [1.807, 2.05) is 20.8 Å². The van der Waals surface area contributed by atoms with Gasteiger partial charge in [0.05, 0.1) is 10.6 Å². The van der Waals surface area contributed by atoms with E-state index in [0.29, 0.717) is 38.3 Å². The number of carbonyl (C=O) groups is 2. The van der Waals surface area contributed by atoms with E-state index in [4.69, 9.17) is 34.8 Å². The first-order valence-electron chi connectivity index (χ1n) is 13.1. The van der Waals surface area contributed by atoms with Gasteiger partial charge in [-0.3, -0.25) is 13.9 Å². The zero-order valence-corrected chi connectivity index (χ0v) is 26.7. The highest BCUT2D eigenvalue weighted by atomic mass is 35.5. The van der Waals surface area contributed by atoms with Gasteiger partial charge < -0.3 is 10.2 Å². The molecule has 0 aliphatic heterocycles. The Morgan fingerprint density at radius 3 is 2.10 bits per heavy atom. The minimum Gasteiger partial charge on any atom is -0.352 e. The van der Waals surface area contributed by atoms with Crippen LogP contribution in [0.2, 0.25) is 15.1 Å². The van der Waals surface area contributed by atoms with Gasteiger partial charge in [0.2, 0.25) is 11.8 Å². The summed E-state index contributed by atoms with van der Waals surface area (Å²) in [7, 11) is -4.19. The first kappa shape index (κ1) is 32.7. The molecule has 7 nitrogen and oxygen atoms in total. The molecule has 0 heterocycles. The van der Waals surface area contributed by atoms with Crippen LogP contribution in [-0.2, 0) is 26.2 Å². The maximum atomic E-state index is 14.1. The van der Waals surface area contributed by atoms with Gasteiger partial charge in [0.1, 0.15) is 12.6 Å². The topological polar surface area (TPSA) is 86.8 Å². The lowest BCUT2D eigenvalue weighted by atomic mass is 10.1. The van der Waals surface area contributed by atoms with Crippen LogP contribution < -0.4 is 9.62 Å². The second-order valence-electron chi connectivity index (χ2n) is 10.0. The quantitative estimate of drug-likeness (QED) is 0.251. The van der Waals surface area contributed by atoms with Crippen molar-refractivity contribution < 1.29 is 18.0 Å². The number of rotatable bonds is 11. The molecule has 2 amide bonds. The van der Waals surface area contributed by atoms with Gasteiger partial charge >= 0.3 is 0 Å². The van der Waals surface area contributed by atoms with Crippen molar-refractivity contribution in [3.05, 3.63) is 92.4 Å². The number of nitrogens with zero attached hydrogens (tertiary/aromatic N) is 2. The van der Waals surface area contributed by atoms with E-state index in [9.17, 15) is 18.0 Å². The lowest BCUT2D eigenvalue weighted by Crippen LogP contribution is -2.52. The Hall–Kier alpha value is -2.78. The number of nitrogens with one attached hydrogen (secondary N) is 1. The van der Waals surface area contributed by atoms with Gasteiger partial charge in [0.15, 0.2) is 0 Å². The molecular formula is C30H34Cl3N3O4S. The van der Waals surface area contributed by atoms with Crippen LogP contribution >= 0.6 is 34.8 Å². The van der Waals surface area contributed by atoms with Gasteiger partial charge in [0.25, 0.3) is 10.0 Å². The van der Waals surface area contributed by atoms with Gasteiger partial charge in [-0.05, 0) is 87.7 Å². The van der Waals surface area contributed by atoms with E-state index in [1.165, 1.54) is 17.0 Å². The number of halogens is 3. The van der Waals surface area contributed by atoms with Crippen LogP contribution in [0.5, 0.6) is 0 Å². The van der Waals surface area contributed by atoms with Gasteiger partial charge in [-0.25, -0.2) is 8.42 Å². The Morgan fingerprint density at radius 2 is 1.51 bits per heavy atom. The van der Waals surface area contributed by atoms with E-state index < -0.39 is 28.5 Å². The monoisotopic (exact) mass is 637 g/mol. The summed E-state index contributed by atoms with van der Waals surface area (Å²) in [6.45, 7) is 8.38. The first-order valence-corrected chi connectivity index (χ1v) is 15.7. The predicted octanol–water partition coefficient (Wildman–Crippen LogP) is 6.79. The number of benzene rings is 3. The normalized spacial score (nSPS) is 12.9. The maximum Gasteiger partial charge on any atom is 0.264 e. The number of hydrogen-bond donors (Lipinski definition) is 1. The highest BCUT2D eigenvalue weighted by Crippen LogP contribution is 2.30. The Labute approximate surface area is 257 Å². The highest BCUT2D eigenvalue weighted by Gasteiger charge is 2.33. The number of anilines is 1. The summed E-state index contributed by atoms with van der Waals surface area (Å²) in [5.74, 6) is -0.957. The molecule has 0 spiro atoms. The Bertz CT molecular complexity index is 1510. The fraction of sp³-hybridized carbons (Fsp3) is 0.333. The van der Waals surface area contributed by atoms with E-state index in [1.54, 1.807) is 62.4 Å². The summed E-state index contributed by atoms with van der Waals surface area (Å²) in [4.78, 5) is 28.6. The molecule has 0 bridgehead atoms. The minimum atomic E-state index is -4.19. The Kier molecular flexibility index (Phi) is 11.1. The molecule has 0 aliphatic carbocycles. The van der Waals surface area contributed by atoms with Crippen molar-refractivity contribution in [3.63, 3.8) is 0 Å². The van der Waals surface area contributed by atoms with Crippen LogP contribution in [0, 0.1) is 13.8 Å². The van der Waals surface area contributed by atoms with E-state index in [2.05, 4.69) is 5.32 Å². The zero-order valence-electron chi connectivity index (χ0n) is 23.6. The molecule has 0 aromatic heterocycles. The van der Waals surface area contributed by atoms with Crippen molar-refractivity contribution in [1.29, 1.82) is 0 Å². The Morgan fingerprint density at radius 1 is 0.902 bits per heavy atom. The van der Waals surface area contributed by atoms with Crippen LogP contribution in [0.4, 0.5) is 5.69 Å². The van der Waals surface area contributed by atoms with Crippen molar-refractivity contribution in [2.75, 3.05) is 10.8 Å². The fourth-order valence-corrected chi connectivity index (χ4v) is 6.30. The molecule has 1 N–H and O–H groups in total. The fourth-order valence-electron chi connectivity index (χ4n) is 4.13. The third-order valence-corrected chi connectivity index (χ3v) is 9.44. The van der Waals surface area contributed by atoms with Crippen LogP contribution in [0.1, 0.15) is 43.9 Å². The molecule has 3 aromatic rings. The maximum absolute atomic E-state index is 14.1. The van der Waals surface area contributed by atoms with Crippen molar-refractivity contribution in [3.8, 4) is 0 Å². The molecule has 3 aromatic carbocycles. The molecule has 3 rings (SSSR count). The number of sulfonamides is 1. The van der Waals surface area contributed by atoms with E-state index in [-0.39, 0.29) is 23.4 Å². The standard InChI is InChI=1S/C30H34Cl3N3O4S/c1-6-21(4)34-30(38)22(5)35(17-23-9-10-25(32)16-27(23)33)29(37)18-36(28-14-11-24(31)15-20(28)3)41(39,40)26-12-7-19(2)8-13-26/h7-16,21-22H,6,17-18H2,1-5H3,(H,34,38)/t21-,22-/m0/s1. The van der Waals surface area contributed by atoms with E-state index >= 15 is 0 Å². The molecule has 41 heavy (non-hydrogen) atoms. The van der Waals surface area contributed by atoms with Crippen LogP contribution in [-0.4, -0.2) is 43.8 Å². The van der Waals surface area contributed by atoms with Gasteiger partial charge in [-0.2, -0.15) is 0 Å². The summed E-state index contributed by atoms with van der Waals surface area (Å²) < 4.78 is 29.0. The molecule has 0 aliphatic rings. The third kappa shape index (κ3) is 8.16. The third-order valence-electron chi connectivity index (χ3n) is 6.84. The molecule has 2 atom stereocenters.